The van der Waals surface area contributed by atoms with Gasteiger partial charge in [0.15, 0.2) is 15.0 Å². The van der Waals surface area contributed by atoms with Crippen molar-refractivity contribution in [2.45, 2.75) is 36.7 Å². The summed E-state index contributed by atoms with van der Waals surface area (Å²) in [5.41, 5.74) is 2.72. The summed E-state index contributed by atoms with van der Waals surface area (Å²) in [5, 5.41) is 0.224. The number of carbonyl (C=O) groups is 1. The van der Waals surface area contributed by atoms with E-state index < -0.39 is 15.1 Å². The van der Waals surface area contributed by atoms with Crippen molar-refractivity contribution in [1.82, 2.24) is 14.5 Å². The topological polar surface area (TPSA) is 81.5 Å². The Kier molecular flexibility index (Phi) is 7.33. The molecule has 2 atom stereocenters. The maximum Gasteiger partial charge on any atom is 0.236 e. The SMILES string of the molecule is CCN(C(=O)C(C)Sc1ncc(-c2ccccc2)n1-c1ccccc1OC)C1CCS(=O)(=O)C1. The quantitative estimate of drug-likeness (QED) is 0.435. The van der Waals surface area contributed by atoms with Crippen LogP contribution >= 0.6 is 11.8 Å². The van der Waals surface area contributed by atoms with E-state index in [0.717, 1.165) is 16.9 Å². The van der Waals surface area contributed by atoms with E-state index in [-0.39, 0.29) is 23.5 Å². The van der Waals surface area contributed by atoms with Gasteiger partial charge in [0.1, 0.15) is 5.75 Å². The second-order valence-corrected chi connectivity index (χ2v) is 11.8. The summed E-state index contributed by atoms with van der Waals surface area (Å²) in [7, 11) is -1.45. The zero-order chi connectivity index (χ0) is 24.3. The molecule has 0 N–H and O–H groups in total. The zero-order valence-electron chi connectivity index (χ0n) is 19.5. The van der Waals surface area contributed by atoms with Crippen LogP contribution in [0.1, 0.15) is 20.3 Å². The van der Waals surface area contributed by atoms with Crippen molar-refractivity contribution < 1.29 is 17.9 Å². The van der Waals surface area contributed by atoms with E-state index in [2.05, 4.69) is 4.98 Å². The summed E-state index contributed by atoms with van der Waals surface area (Å²) in [6.07, 6.45) is 2.30. The number of ether oxygens (including phenoxy) is 1. The fraction of sp³-hybridized carbons (Fsp3) is 0.360. The Morgan fingerprint density at radius 2 is 1.91 bits per heavy atom. The van der Waals surface area contributed by atoms with Gasteiger partial charge in [-0.2, -0.15) is 0 Å². The third-order valence-corrected chi connectivity index (χ3v) is 8.83. The molecule has 2 unspecified atom stereocenters. The highest BCUT2D eigenvalue weighted by molar-refractivity contribution is 8.00. The Hall–Kier alpha value is -2.78. The largest absolute Gasteiger partial charge is 0.495 e. The van der Waals surface area contributed by atoms with Crippen molar-refractivity contribution >= 4 is 27.5 Å². The van der Waals surface area contributed by atoms with Gasteiger partial charge in [-0.3, -0.25) is 9.36 Å². The van der Waals surface area contributed by atoms with Crippen molar-refractivity contribution in [1.29, 1.82) is 0 Å². The molecule has 180 valence electrons. The van der Waals surface area contributed by atoms with Crippen LogP contribution in [0.4, 0.5) is 0 Å². The van der Waals surface area contributed by atoms with Gasteiger partial charge in [-0.1, -0.05) is 54.2 Å². The molecule has 0 bridgehead atoms. The lowest BCUT2D eigenvalue weighted by Gasteiger charge is -2.29. The first-order chi connectivity index (χ1) is 16.3. The molecule has 3 aromatic rings. The summed E-state index contributed by atoms with van der Waals surface area (Å²) in [5.74, 6) is 0.801. The molecule has 9 heteroatoms. The number of aromatic nitrogens is 2. The molecule has 2 aromatic carbocycles. The van der Waals surface area contributed by atoms with Crippen LogP contribution in [0.5, 0.6) is 5.75 Å². The molecular formula is C25H29N3O4S2. The Labute approximate surface area is 205 Å². The van der Waals surface area contributed by atoms with Gasteiger partial charge in [0.2, 0.25) is 5.91 Å². The van der Waals surface area contributed by atoms with Gasteiger partial charge in [-0.05, 0) is 32.4 Å². The predicted molar refractivity (Wildman–Crippen MR) is 135 cm³/mol. The Morgan fingerprint density at radius 3 is 2.56 bits per heavy atom. The van der Waals surface area contributed by atoms with Crippen LogP contribution in [0.2, 0.25) is 0 Å². The van der Waals surface area contributed by atoms with Gasteiger partial charge in [0.05, 0.1) is 41.4 Å². The number of hydrogen-bond donors (Lipinski definition) is 0. The summed E-state index contributed by atoms with van der Waals surface area (Å²) in [6.45, 7) is 4.21. The van der Waals surface area contributed by atoms with Crippen molar-refractivity contribution in [2.75, 3.05) is 25.2 Å². The average Bonchev–Trinajstić information content (AvgIpc) is 3.42. The molecule has 0 radical (unpaired) electrons. The number of amides is 1. The summed E-state index contributed by atoms with van der Waals surface area (Å²) < 4.78 is 31.6. The van der Waals surface area contributed by atoms with Gasteiger partial charge in [-0.25, -0.2) is 13.4 Å². The van der Waals surface area contributed by atoms with E-state index in [1.807, 2.05) is 79.2 Å². The van der Waals surface area contributed by atoms with Crippen LogP contribution in [0.3, 0.4) is 0 Å². The minimum absolute atomic E-state index is 0.0396. The Bertz CT molecular complexity index is 1260. The number of hydrogen-bond acceptors (Lipinski definition) is 6. The normalized spacial score (nSPS) is 17.9. The van der Waals surface area contributed by atoms with Crippen molar-refractivity contribution in [3.05, 3.63) is 60.8 Å². The van der Waals surface area contributed by atoms with Crippen LogP contribution in [-0.4, -0.2) is 65.2 Å². The lowest BCUT2D eigenvalue weighted by Crippen LogP contribution is -2.44. The second-order valence-electron chi connectivity index (χ2n) is 8.24. The molecule has 0 aliphatic carbocycles. The minimum atomic E-state index is -3.08. The van der Waals surface area contributed by atoms with E-state index in [1.54, 1.807) is 12.0 Å². The van der Waals surface area contributed by atoms with Crippen LogP contribution < -0.4 is 4.74 Å². The average molecular weight is 500 g/mol. The van der Waals surface area contributed by atoms with E-state index in [9.17, 15) is 13.2 Å². The van der Waals surface area contributed by atoms with Crippen LogP contribution in [-0.2, 0) is 14.6 Å². The number of nitrogens with zero attached hydrogens (tertiary/aromatic N) is 3. The Balaban J connectivity index is 1.68. The number of sulfone groups is 1. The van der Waals surface area contributed by atoms with Crippen LogP contribution in [0, 0.1) is 0 Å². The van der Waals surface area contributed by atoms with E-state index in [1.165, 1.54) is 11.8 Å². The highest BCUT2D eigenvalue weighted by atomic mass is 32.2. The molecule has 1 amide bonds. The lowest BCUT2D eigenvalue weighted by molar-refractivity contribution is -0.131. The molecular weight excluding hydrogens is 470 g/mol. The second kappa shape index (κ2) is 10.2. The third-order valence-electron chi connectivity index (χ3n) is 6.03. The maximum atomic E-state index is 13.4. The highest BCUT2D eigenvalue weighted by Gasteiger charge is 2.36. The standard InChI is InChI=1S/C25H29N3O4S2/c1-4-27(20-14-15-34(30,31)17-20)24(29)18(2)33-25-26-16-22(19-10-6-5-7-11-19)28(25)21-12-8-9-13-23(21)32-3/h5-13,16,18,20H,4,14-15,17H2,1-3H3. The van der Waals surface area contributed by atoms with E-state index >= 15 is 0 Å². The molecule has 1 aliphatic rings. The Morgan fingerprint density at radius 1 is 1.21 bits per heavy atom. The number of para-hydroxylation sites is 2. The molecule has 1 fully saturated rings. The molecule has 1 saturated heterocycles. The molecule has 1 aliphatic heterocycles. The fourth-order valence-electron chi connectivity index (χ4n) is 4.34. The predicted octanol–water partition coefficient (Wildman–Crippen LogP) is 4.06. The van der Waals surface area contributed by atoms with Gasteiger partial charge in [0.25, 0.3) is 0 Å². The van der Waals surface area contributed by atoms with Gasteiger partial charge < -0.3 is 9.64 Å². The van der Waals surface area contributed by atoms with E-state index in [4.69, 9.17) is 4.74 Å². The minimum Gasteiger partial charge on any atom is -0.495 e. The maximum absolute atomic E-state index is 13.4. The first kappa shape index (κ1) is 24.3. The monoisotopic (exact) mass is 499 g/mol. The van der Waals surface area contributed by atoms with Crippen molar-refractivity contribution in [3.8, 4) is 22.7 Å². The van der Waals surface area contributed by atoms with Gasteiger partial charge in [0, 0.05) is 18.2 Å². The zero-order valence-corrected chi connectivity index (χ0v) is 21.2. The van der Waals surface area contributed by atoms with E-state index in [0.29, 0.717) is 23.9 Å². The first-order valence-electron chi connectivity index (χ1n) is 11.3. The molecule has 0 spiro atoms. The molecule has 2 heterocycles. The molecule has 34 heavy (non-hydrogen) atoms. The molecule has 4 rings (SSSR count). The molecule has 1 aromatic heterocycles. The van der Waals surface area contributed by atoms with Crippen LogP contribution in [0.25, 0.3) is 16.9 Å². The highest BCUT2D eigenvalue weighted by Crippen LogP contribution is 2.35. The third kappa shape index (κ3) is 5.00. The van der Waals surface area contributed by atoms with Gasteiger partial charge in [-0.15, -0.1) is 0 Å². The van der Waals surface area contributed by atoms with Crippen molar-refractivity contribution in [2.24, 2.45) is 0 Å². The number of thioether (sulfide) groups is 1. The number of benzene rings is 2. The van der Waals surface area contributed by atoms with Crippen LogP contribution in [0.15, 0.2) is 66.0 Å². The number of methoxy groups -OCH3 is 1. The van der Waals surface area contributed by atoms with Gasteiger partial charge >= 0.3 is 0 Å². The number of rotatable bonds is 8. The first-order valence-corrected chi connectivity index (χ1v) is 14.0. The summed E-state index contributed by atoms with van der Waals surface area (Å²) in [6, 6.07) is 17.4. The fourth-order valence-corrected chi connectivity index (χ4v) is 7.03. The summed E-state index contributed by atoms with van der Waals surface area (Å²) >= 11 is 1.37. The summed E-state index contributed by atoms with van der Waals surface area (Å²) in [4.78, 5) is 19.8. The lowest BCUT2D eigenvalue weighted by atomic mass is 10.1. The molecule has 0 saturated carbocycles. The van der Waals surface area contributed by atoms with Crippen molar-refractivity contribution in [3.63, 3.8) is 0 Å². The number of carbonyl (C=O) groups excluding carboxylic acids is 1. The number of imidazole rings is 1. The smallest absolute Gasteiger partial charge is 0.236 e. The molecule has 7 nitrogen and oxygen atoms in total.